The fraction of sp³-hybridized carbons (Fsp3) is 0.200. The lowest BCUT2D eigenvalue weighted by atomic mass is 10.0. The second kappa shape index (κ2) is 9.01. The minimum Gasteiger partial charge on any atom is -0.497 e. The summed E-state index contributed by atoms with van der Waals surface area (Å²) in [7, 11) is 4.83. The lowest BCUT2D eigenvalue weighted by molar-refractivity contribution is 0.142. The van der Waals surface area contributed by atoms with E-state index in [-0.39, 0.29) is 6.61 Å². The van der Waals surface area contributed by atoms with Crippen LogP contribution >= 0.6 is 0 Å². The molecular weight excluding hydrogens is 406 g/mol. The molecule has 0 aliphatic rings. The second-order valence-electron chi connectivity index (χ2n) is 7.36. The summed E-state index contributed by atoms with van der Waals surface area (Å²) >= 11 is 0. The number of pyridine rings is 1. The first-order valence-corrected chi connectivity index (χ1v) is 10.2. The number of methoxy groups -OCH3 is 2. The smallest absolute Gasteiger partial charge is 0.407 e. The highest BCUT2D eigenvalue weighted by Gasteiger charge is 2.13. The lowest BCUT2D eigenvalue weighted by Gasteiger charge is -2.16. The molecule has 0 aliphatic heterocycles. The molecule has 1 amide bonds. The third-order valence-corrected chi connectivity index (χ3v) is 5.29. The summed E-state index contributed by atoms with van der Waals surface area (Å²) in [5.41, 5.74) is 5.43. The zero-order chi connectivity index (χ0) is 22.7. The maximum Gasteiger partial charge on any atom is 0.407 e. The van der Waals surface area contributed by atoms with Crippen molar-refractivity contribution in [1.82, 2.24) is 10.3 Å². The maximum absolute atomic E-state index is 11.3. The topological polar surface area (TPSA) is 81.7 Å². The van der Waals surface area contributed by atoms with Crippen LogP contribution in [0.25, 0.3) is 21.8 Å². The monoisotopic (exact) mass is 431 g/mol. The van der Waals surface area contributed by atoms with Crippen molar-refractivity contribution in [2.24, 2.45) is 0 Å². The minimum absolute atomic E-state index is 0.208. The third kappa shape index (κ3) is 4.23. The predicted octanol–water partition coefficient (Wildman–Crippen LogP) is 5.31. The molecule has 0 saturated carbocycles. The number of carbonyl (C=O) groups excluding carboxylic acids is 1. The third-order valence-electron chi connectivity index (χ3n) is 5.29. The molecule has 2 N–H and O–H groups in total. The molecular formula is C25H25N3O4. The Kier molecular flexibility index (Phi) is 5.98. The van der Waals surface area contributed by atoms with Gasteiger partial charge in [0.05, 0.1) is 30.9 Å². The van der Waals surface area contributed by atoms with Crippen LogP contribution < -0.4 is 20.1 Å². The summed E-state index contributed by atoms with van der Waals surface area (Å²) in [5.74, 6) is 1.54. The van der Waals surface area contributed by atoms with Crippen molar-refractivity contribution in [3.05, 3.63) is 65.7 Å². The van der Waals surface area contributed by atoms with E-state index >= 15 is 0 Å². The van der Waals surface area contributed by atoms with Gasteiger partial charge in [-0.2, -0.15) is 0 Å². The van der Waals surface area contributed by atoms with Crippen molar-refractivity contribution < 1.29 is 19.0 Å². The first kappa shape index (κ1) is 21.2. The van der Waals surface area contributed by atoms with Gasteiger partial charge < -0.3 is 24.8 Å². The normalized spacial score (nSPS) is 10.8. The van der Waals surface area contributed by atoms with Crippen molar-refractivity contribution in [3.63, 3.8) is 0 Å². The van der Waals surface area contributed by atoms with Gasteiger partial charge in [-0.25, -0.2) is 9.78 Å². The zero-order valence-corrected chi connectivity index (χ0v) is 18.5. The summed E-state index contributed by atoms with van der Waals surface area (Å²) in [6.07, 6.45) is -0.455. The maximum atomic E-state index is 11.3. The van der Waals surface area contributed by atoms with Crippen LogP contribution in [0.2, 0.25) is 0 Å². The van der Waals surface area contributed by atoms with E-state index in [1.807, 2.05) is 55.5 Å². The van der Waals surface area contributed by atoms with E-state index in [1.54, 1.807) is 14.2 Å². The number of alkyl carbamates (subject to hydrolysis) is 1. The Morgan fingerprint density at radius 2 is 1.69 bits per heavy atom. The van der Waals surface area contributed by atoms with E-state index in [1.165, 1.54) is 7.05 Å². The average molecular weight is 431 g/mol. The Morgan fingerprint density at radius 1 is 0.938 bits per heavy atom. The molecule has 32 heavy (non-hydrogen) atoms. The standard InChI is InChI=1S/C25H25N3O4/c1-15-11-20-22(13-23(15)31-4)28-21-12-18(30-3)9-10-19(21)24(20)27-17-7-5-16(6-8-17)14-32-25(29)26-2/h5-13H,14H2,1-4H3,(H,26,29)(H,27,28). The number of fused-ring (bicyclic) bond motifs is 2. The number of ether oxygens (including phenoxy) is 3. The molecule has 0 atom stereocenters. The highest BCUT2D eigenvalue weighted by Crippen LogP contribution is 2.37. The van der Waals surface area contributed by atoms with E-state index in [2.05, 4.69) is 16.7 Å². The summed E-state index contributed by atoms with van der Waals surface area (Å²) in [4.78, 5) is 16.1. The number of carbonyl (C=O) groups is 1. The second-order valence-corrected chi connectivity index (χ2v) is 7.36. The molecule has 7 nitrogen and oxygen atoms in total. The lowest BCUT2D eigenvalue weighted by Crippen LogP contribution is -2.18. The van der Waals surface area contributed by atoms with E-state index in [0.29, 0.717) is 0 Å². The minimum atomic E-state index is -0.455. The Hall–Kier alpha value is -4.00. The van der Waals surface area contributed by atoms with E-state index < -0.39 is 6.09 Å². The summed E-state index contributed by atoms with van der Waals surface area (Å²) in [6, 6.07) is 17.7. The molecule has 0 aliphatic carbocycles. The van der Waals surface area contributed by atoms with E-state index in [0.717, 1.165) is 55.8 Å². The predicted molar refractivity (Wildman–Crippen MR) is 126 cm³/mol. The van der Waals surface area contributed by atoms with Crippen molar-refractivity contribution >= 4 is 39.3 Å². The number of nitrogens with zero attached hydrogens (tertiary/aromatic N) is 1. The molecule has 0 bridgehead atoms. The van der Waals surface area contributed by atoms with Gasteiger partial charge in [-0.3, -0.25) is 0 Å². The van der Waals surface area contributed by atoms with Gasteiger partial charge in [-0.15, -0.1) is 0 Å². The van der Waals surface area contributed by atoms with E-state index in [9.17, 15) is 4.79 Å². The Morgan fingerprint density at radius 3 is 2.38 bits per heavy atom. The molecule has 0 radical (unpaired) electrons. The Bertz CT molecular complexity index is 1290. The van der Waals surface area contributed by atoms with Crippen LogP contribution in [0.4, 0.5) is 16.2 Å². The molecule has 4 rings (SSSR count). The van der Waals surface area contributed by atoms with Gasteiger partial charge in [-0.05, 0) is 48.4 Å². The zero-order valence-electron chi connectivity index (χ0n) is 18.5. The molecule has 0 spiro atoms. The van der Waals surface area contributed by atoms with Gasteiger partial charge in [0.2, 0.25) is 0 Å². The molecule has 7 heteroatoms. The number of anilines is 2. The van der Waals surface area contributed by atoms with Gasteiger partial charge in [0, 0.05) is 35.6 Å². The highest BCUT2D eigenvalue weighted by molar-refractivity contribution is 6.09. The van der Waals surface area contributed by atoms with Crippen molar-refractivity contribution in [3.8, 4) is 11.5 Å². The van der Waals surface area contributed by atoms with Crippen LogP contribution in [-0.4, -0.2) is 32.3 Å². The SMILES string of the molecule is CNC(=O)OCc1ccc(Nc2c3ccc(OC)cc3nc3cc(OC)c(C)cc23)cc1. The molecule has 1 aromatic heterocycles. The largest absolute Gasteiger partial charge is 0.497 e. The number of aromatic nitrogens is 1. The number of benzene rings is 3. The van der Waals surface area contributed by atoms with Crippen LogP contribution in [0.3, 0.4) is 0 Å². The average Bonchev–Trinajstić information content (AvgIpc) is 2.82. The van der Waals surface area contributed by atoms with Crippen molar-refractivity contribution in [2.45, 2.75) is 13.5 Å². The number of hydrogen-bond acceptors (Lipinski definition) is 6. The van der Waals surface area contributed by atoms with Gasteiger partial charge in [0.25, 0.3) is 0 Å². The first-order valence-electron chi connectivity index (χ1n) is 10.2. The van der Waals surface area contributed by atoms with Gasteiger partial charge in [0.15, 0.2) is 0 Å². The fourth-order valence-electron chi connectivity index (χ4n) is 3.59. The number of aryl methyl sites for hydroxylation is 1. The quantitative estimate of drug-likeness (QED) is 0.403. The Labute approximate surface area is 186 Å². The van der Waals surface area contributed by atoms with Crippen LogP contribution in [0.5, 0.6) is 11.5 Å². The van der Waals surface area contributed by atoms with Gasteiger partial charge in [-0.1, -0.05) is 12.1 Å². The molecule has 1 heterocycles. The molecule has 164 valence electrons. The first-order chi connectivity index (χ1) is 15.5. The molecule has 0 saturated heterocycles. The van der Waals surface area contributed by atoms with Crippen LogP contribution in [0.1, 0.15) is 11.1 Å². The molecule has 0 unspecified atom stereocenters. The highest BCUT2D eigenvalue weighted by atomic mass is 16.5. The number of nitrogens with one attached hydrogen (secondary N) is 2. The van der Waals surface area contributed by atoms with Gasteiger partial charge >= 0.3 is 6.09 Å². The van der Waals surface area contributed by atoms with Crippen LogP contribution in [-0.2, 0) is 11.3 Å². The van der Waals surface area contributed by atoms with Crippen molar-refractivity contribution in [2.75, 3.05) is 26.6 Å². The Balaban J connectivity index is 1.77. The molecule has 3 aromatic carbocycles. The van der Waals surface area contributed by atoms with Gasteiger partial charge in [0.1, 0.15) is 18.1 Å². The fourth-order valence-corrected chi connectivity index (χ4v) is 3.59. The number of amides is 1. The van der Waals surface area contributed by atoms with Crippen LogP contribution in [0, 0.1) is 6.92 Å². The van der Waals surface area contributed by atoms with E-state index in [4.69, 9.17) is 19.2 Å². The van der Waals surface area contributed by atoms with Crippen molar-refractivity contribution in [1.29, 1.82) is 0 Å². The number of hydrogen-bond donors (Lipinski definition) is 2. The summed E-state index contributed by atoms with van der Waals surface area (Å²) < 4.78 is 16.0. The molecule has 0 fully saturated rings. The van der Waals surface area contributed by atoms with Crippen LogP contribution in [0.15, 0.2) is 54.6 Å². The molecule has 4 aromatic rings. The summed E-state index contributed by atoms with van der Waals surface area (Å²) in [5, 5.41) is 7.97. The summed E-state index contributed by atoms with van der Waals surface area (Å²) in [6.45, 7) is 2.22. The number of rotatable bonds is 6.